The fourth-order valence-corrected chi connectivity index (χ4v) is 3.72. The van der Waals surface area contributed by atoms with Crippen LogP contribution in [0.2, 0.25) is 0 Å². The molecule has 1 heterocycles. The Kier molecular flexibility index (Phi) is 6.85. The molecule has 2 rings (SSSR count). The second-order valence-corrected chi connectivity index (χ2v) is 7.32. The normalized spacial score (nSPS) is 21.2. The number of guanidine groups is 1. The van der Waals surface area contributed by atoms with Crippen molar-refractivity contribution >= 4 is 11.9 Å². The molecule has 138 valence electrons. The van der Waals surface area contributed by atoms with E-state index in [2.05, 4.69) is 31.0 Å². The van der Waals surface area contributed by atoms with Crippen LogP contribution in [0.25, 0.3) is 0 Å². The number of hydrogen-bond donors (Lipinski definition) is 2. The minimum Gasteiger partial charge on any atom is -0.366 e. The van der Waals surface area contributed by atoms with E-state index in [0.717, 1.165) is 31.2 Å². The molecule has 1 atom stereocenters. The number of primary amides is 1. The fraction of sp³-hybridized carbons (Fsp3) is 0.600. The predicted octanol–water partition coefficient (Wildman–Crippen LogP) is 3.15. The number of nitrogens with zero attached hydrogens (tertiary/aromatic N) is 2. The quantitative estimate of drug-likeness (QED) is 0.615. The van der Waals surface area contributed by atoms with Crippen LogP contribution in [0.1, 0.15) is 62.4 Å². The average Bonchev–Trinajstić information content (AvgIpc) is 2.58. The highest BCUT2D eigenvalue weighted by Gasteiger charge is 2.31. The Balaban J connectivity index is 2.12. The predicted molar refractivity (Wildman–Crippen MR) is 104 cm³/mol. The first-order valence-corrected chi connectivity index (χ1v) is 9.39. The van der Waals surface area contributed by atoms with Crippen LogP contribution in [0.5, 0.6) is 0 Å². The van der Waals surface area contributed by atoms with Gasteiger partial charge in [-0.05, 0) is 49.3 Å². The molecule has 1 aromatic carbocycles. The van der Waals surface area contributed by atoms with E-state index in [1.807, 2.05) is 18.2 Å². The van der Waals surface area contributed by atoms with E-state index in [-0.39, 0.29) is 0 Å². The number of rotatable bonds is 6. The van der Waals surface area contributed by atoms with E-state index in [9.17, 15) is 4.79 Å². The van der Waals surface area contributed by atoms with Crippen molar-refractivity contribution in [3.05, 3.63) is 35.4 Å². The maximum absolute atomic E-state index is 11.3. The number of amides is 1. The van der Waals surface area contributed by atoms with Crippen molar-refractivity contribution in [1.82, 2.24) is 10.2 Å². The van der Waals surface area contributed by atoms with Gasteiger partial charge in [0.25, 0.3) is 0 Å². The molecule has 1 saturated heterocycles. The van der Waals surface area contributed by atoms with E-state index >= 15 is 0 Å². The van der Waals surface area contributed by atoms with Gasteiger partial charge in [-0.15, -0.1) is 0 Å². The van der Waals surface area contributed by atoms with Crippen molar-refractivity contribution in [3.8, 4) is 0 Å². The molecular formula is C20H32N4O. The van der Waals surface area contributed by atoms with Crippen LogP contribution in [0.4, 0.5) is 0 Å². The zero-order valence-corrected chi connectivity index (χ0v) is 15.8. The second-order valence-electron chi connectivity index (χ2n) is 7.32. The summed E-state index contributed by atoms with van der Waals surface area (Å²) < 4.78 is 0. The van der Waals surface area contributed by atoms with E-state index in [0.29, 0.717) is 17.5 Å². The Morgan fingerprint density at radius 3 is 2.88 bits per heavy atom. The van der Waals surface area contributed by atoms with Gasteiger partial charge < -0.3 is 16.0 Å². The molecular weight excluding hydrogens is 312 g/mol. The van der Waals surface area contributed by atoms with Crippen molar-refractivity contribution in [3.63, 3.8) is 0 Å². The lowest BCUT2D eigenvalue weighted by Gasteiger charge is -2.42. The number of carbonyl (C=O) groups is 1. The molecule has 1 unspecified atom stereocenters. The molecule has 5 nitrogen and oxygen atoms in total. The van der Waals surface area contributed by atoms with Gasteiger partial charge in [0.2, 0.25) is 5.91 Å². The summed E-state index contributed by atoms with van der Waals surface area (Å²) >= 11 is 0. The van der Waals surface area contributed by atoms with Crippen LogP contribution in [0.15, 0.2) is 29.3 Å². The number of likely N-dealkylation sites (tertiary alicyclic amines) is 1. The Hall–Kier alpha value is -2.04. The lowest BCUT2D eigenvalue weighted by atomic mass is 9.78. The zero-order chi connectivity index (χ0) is 18.3. The van der Waals surface area contributed by atoms with Crippen molar-refractivity contribution in [2.75, 3.05) is 19.6 Å². The summed E-state index contributed by atoms with van der Waals surface area (Å²) in [6.07, 6.45) is 4.97. The van der Waals surface area contributed by atoms with Crippen molar-refractivity contribution in [2.24, 2.45) is 16.1 Å². The van der Waals surface area contributed by atoms with Gasteiger partial charge >= 0.3 is 0 Å². The molecule has 1 fully saturated rings. The lowest BCUT2D eigenvalue weighted by Crippen LogP contribution is -2.49. The highest BCUT2D eigenvalue weighted by molar-refractivity contribution is 5.92. The summed E-state index contributed by atoms with van der Waals surface area (Å²) in [6.45, 7) is 10.2. The summed E-state index contributed by atoms with van der Waals surface area (Å²) in [5.41, 5.74) is 7.27. The molecule has 0 saturated carbocycles. The maximum Gasteiger partial charge on any atom is 0.248 e. The molecule has 1 aliphatic heterocycles. The van der Waals surface area contributed by atoms with Gasteiger partial charge in [-0.2, -0.15) is 0 Å². The number of nitrogens with one attached hydrogen (secondary N) is 1. The molecule has 0 bridgehead atoms. The summed E-state index contributed by atoms with van der Waals surface area (Å²) in [5.74, 6) is 0.568. The lowest BCUT2D eigenvalue weighted by molar-refractivity contribution is 0.1000. The summed E-state index contributed by atoms with van der Waals surface area (Å²) in [4.78, 5) is 18.5. The van der Waals surface area contributed by atoms with Crippen LogP contribution in [0, 0.1) is 5.41 Å². The van der Waals surface area contributed by atoms with Crippen LogP contribution in [0.3, 0.4) is 0 Å². The van der Waals surface area contributed by atoms with Crippen LogP contribution < -0.4 is 11.1 Å². The number of carbonyl (C=O) groups excluding carboxylic acids is 1. The molecule has 1 amide bonds. The number of piperidine rings is 1. The molecule has 0 aromatic heterocycles. The number of nitrogens with two attached hydrogens (primary N) is 1. The van der Waals surface area contributed by atoms with Gasteiger partial charge in [-0.1, -0.05) is 32.4 Å². The van der Waals surface area contributed by atoms with Crippen LogP contribution in [-0.4, -0.2) is 36.4 Å². The second kappa shape index (κ2) is 8.88. The monoisotopic (exact) mass is 344 g/mol. The Morgan fingerprint density at radius 2 is 2.20 bits per heavy atom. The van der Waals surface area contributed by atoms with Gasteiger partial charge in [-0.25, -0.2) is 4.99 Å². The van der Waals surface area contributed by atoms with Gasteiger partial charge in [0, 0.05) is 25.2 Å². The van der Waals surface area contributed by atoms with Crippen LogP contribution >= 0.6 is 0 Å². The summed E-state index contributed by atoms with van der Waals surface area (Å²) in [6, 6.07) is 7.41. The van der Waals surface area contributed by atoms with Gasteiger partial charge in [-0.3, -0.25) is 4.79 Å². The number of benzene rings is 1. The summed E-state index contributed by atoms with van der Waals surface area (Å²) in [7, 11) is 0. The van der Waals surface area contributed by atoms with Crippen molar-refractivity contribution < 1.29 is 4.79 Å². The maximum atomic E-state index is 11.3. The van der Waals surface area contributed by atoms with Gasteiger partial charge in [0.05, 0.1) is 6.54 Å². The summed E-state index contributed by atoms with van der Waals surface area (Å²) in [5, 5.41) is 3.42. The average molecular weight is 345 g/mol. The minimum absolute atomic E-state index is 0.370. The highest BCUT2D eigenvalue weighted by atomic mass is 16.1. The molecule has 0 radical (unpaired) electrons. The van der Waals surface area contributed by atoms with Gasteiger partial charge in [0.1, 0.15) is 0 Å². The fourth-order valence-electron chi connectivity index (χ4n) is 3.72. The Morgan fingerprint density at radius 1 is 1.40 bits per heavy atom. The smallest absolute Gasteiger partial charge is 0.248 e. The number of aliphatic imine (C=N–C) groups is 1. The Labute approximate surface area is 151 Å². The third-order valence-electron chi connectivity index (χ3n) is 4.89. The first kappa shape index (κ1) is 19.3. The molecule has 25 heavy (non-hydrogen) atoms. The Bertz CT molecular complexity index is 609. The third-order valence-corrected chi connectivity index (χ3v) is 4.89. The SMILES string of the molecule is CCCC1(C)CCCN(C(=NCc2cccc(C(N)=O)c2)NCC)C1. The van der Waals surface area contributed by atoms with Crippen molar-refractivity contribution in [2.45, 2.75) is 53.0 Å². The van der Waals surface area contributed by atoms with E-state index in [1.165, 1.54) is 25.7 Å². The zero-order valence-electron chi connectivity index (χ0n) is 15.8. The van der Waals surface area contributed by atoms with E-state index in [1.54, 1.807) is 6.07 Å². The number of hydrogen-bond acceptors (Lipinski definition) is 2. The first-order valence-electron chi connectivity index (χ1n) is 9.39. The first-order chi connectivity index (χ1) is 12.0. The topological polar surface area (TPSA) is 70.7 Å². The van der Waals surface area contributed by atoms with Crippen LogP contribution in [-0.2, 0) is 6.54 Å². The van der Waals surface area contributed by atoms with E-state index < -0.39 is 5.91 Å². The van der Waals surface area contributed by atoms with E-state index in [4.69, 9.17) is 10.7 Å². The molecule has 3 N–H and O–H groups in total. The molecule has 1 aliphatic rings. The minimum atomic E-state index is -0.399. The molecule has 1 aromatic rings. The largest absolute Gasteiger partial charge is 0.366 e. The highest BCUT2D eigenvalue weighted by Crippen LogP contribution is 2.33. The third kappa shape index (κ3) is 5.48. The van der Waals surface area contributed by atoms with Crippen molar-refractivity contribution in [1.29, 1.82) is 0 Å². The molecule has 0 aliphatic carbocycles. The molecule has 5 heteroatoms. The molecule has 0 spiro atoms. The van der Waals surface area contributed by atoms with Gasteiger partial charge in [0.15, 0.2) is 5.96 Å². The standard InChI is InChI=1S/C20H32N4O/c1-4-10-20(3)11-7-12-24(15-20)19(22-5-2)23-14-16-8-6-9-17(13-16)18(21)25/h6,8-9,13H,4-5,7,10-12,14-15H2,1-3H3,(H2,21,25)(H,22,23).